The molecule has 0 amide bonds. The summed E-state index contributed by atoms with van der Waals surface area (Å²) >= 11 is 1.82. The summed E-state index contributed by atoms with van der Waals surface area (Å²) in [5.74, 6) is 1.65. The lowest BCUT2D eigenvalue weighted by molar-refractivity contribution is 0.174. The molecule has 2 heterocycles. The average molecular weight is 278 g/mol. The zero-order chi connectivity index (χ0) is 13.2. The first-order valence-electron chi connectivity index (χ1n) is 6.57. The lowest BCUT2D eigenvalue weighted by atomic mass is 10.2. The molecule has 102 valence electrons. The van der Waals surface area contributed by atoms with E-state index in [1.165, 1.54) is 6.42 Å². The van der Waals surface area contributed by atoms with Crippen LogP contribution < -0.4 is 14.8 Å². The standard InChI is InChI=1S/C14H18N2O2S/c1-9-5-10(2)19-14(16-9)15-7-11-3-4-12-13(6-11)18-8-17-12/h3-4,6,9-10H,5,7-8H2,1-2H3,(H,15,16). The average Bonchev–Trinajstić information content (AvgIpc) is 2.82. The lowest BCUT2D eigenvalue weighted by Gasteiger charge is -2.26. The van der Waals surface area contributed by atoms with Crippen LogP contribution in [0.5, 0.6) is 11.5 Å². The van der Waals surface area contributed by atoms with Crippen LogP contribution in [0.2, 0.25) is 0 Å². The lowest BCUT2D eigenvalue weighted by Crippen LogP contribution is -2.38. The Kier molecular flexibility index (Phi) is 3.55. The van der Waals surface area contributed by atoms with Gasteiger partial charge in [-0.25, -0.2) is 0 Å². The summed E-state index contributed by atoms with van der Waals surface area (Å²) < 4.78 is 10.7. The second-order valence-corrected chi connectivity index (χ2v) is 6.45. The van der Waals surface area contributed by atoms with Crippen LogP contribution in [0.25, 0.3) is 0 Å². The van der Waals surface area contributed by atoms with Gasteiger partial charge >= 0.3 is 0 Å². The Balaban J connectivity index is 1.68. The minimum atomic E-state index is 0.319. The van der Waals surface area contributed by atoms with Gasteiger partial charge < -0.3 is 14.8 Å². The van der Waals surface area contributed by atoms with Gasteiger partial charge in [-0.2, -0.15) is 0 Å². The fourth-order valence-corrected chi connectivity index (χ4v) is 3.50. The van der Waals surface area contributed by atoms with Crippen molar-refractivity contribution < 1.29 is 9.47 Å². The van der Waals surface area contributed by atoms with E-state index in [-0.39, 0.29) is 0 Å². The van der Waals surface area contributed by atoms with Crippen molar-refractivity contribution in [2.45, 2.75) is 38.1 Å². The summed E-state index contributed by atoms with van der Waals surface area (Å²) in [6, 6.07) is 6.50. The number of fused-ring (bicyclic) bond motifs is 1. The Labute approximate surface area is 117 Å². The Morgan fingerprint density at radius 1 is 1.32 bits per heavy atom. The molecule has 1 aromatic carbocycles. The summed E-state index contributed by atoms with van der Waals surface area (Å²) in [6.45, 7) is 5.44. The van der Waals surface area contributed by atoms with Crippen LogP contribution in [0.1, 0.15) is 25.8 Å². The zero-order valence-electron chi connectivity index (χ0n) is 11.2. The highest BCUT2D eigenvalue weighted by atomic mass is 32.2. The van der Waals surface area contributed by atoms with E-state index in [9.17, 15) is 0 Å². The Morgan fingerprint density at radius 3 is 3.00 bits per heavy atom. The number of benzene rings is 1. The molecule has 0 aliphatic carbocycles. The van der Waals surface area contributed by atoms with E-state index < -0.39 is 0 Å². The van der Waals surface area contributed by atoms with Gasteiger partial charge in [-0.1, -0.05) is 24.8 Å². The Bertz CT molecular complexity index is 492. The number of amidine groups is 1. The number of hydrogen-bond donors (Lipinski definition) is 1. The van der Waals surface area contributed by atoms with E-state index in [0.717, 1.165) is 22.2 Å². The highest BCUT2D eigenvalue weighted by Crippen LogP contribution is 2.32. The van der Waals surface area contributed by atoms with Crippen LogP contribution in [-0.2, 0) is 6.54 Å². The van der Waals surface area contributed by atoms with Gasteiger partial charge in [0.05, 0.1) is 6.54 Å². The molecule has 1 aromatic rings. The molecule has 2 aliphatic heterocycles. The molecular weight excluding hydrogens is 260 g/mol. The van der Waals surface area contributed by atoms with Crippen LogP contribution in [0, 0.1) is 0 Å². The van der Waals surface area contributed by atoms with Crippen molar-refractivity contribution in [3.8, 4) is 11.5 Å². The molecule has 0 spiro atoms. The highest BCUT2D eigenvalue weighted by molar-refractivity contribution is 8.14. The number of ether oxygens (including phenoxy) is 2. The first kappa shape index (κ1) is 12.7. The summed E-state index contributed by atoms with van der Waals surface area (Å²) in [5.41, 5.74) is 1.14. The van der Waals surface area contributed by atoms with Crippen molar-refractivity contribution in [2.24, 2.45) is 4.99 Å². The SMILES string of the molecule is CC1CC(C)SC(=NCc2ccc3c(c2)OCO3)N1. The Hall–Kier alpha value is -1.36. The third-order valence-corrected chi connectivity index (χ3v) is 4.28. The van der Waals surface area contributed by atoms with Crippen molar-refractivity contribution in [3.63, 3.8) is 0 Å². The third-order valence-electron chi connectivity index (χ3n) is 3.21. The molecule has 0 saturated carbocycles. The second-order valence-electron chi connectivity index (χ2n) is 5.02. The summed E-state index contributed by atoms with van der Waals surface area (Å²) in [4.78, 5) is 4.65. The van der Waals surface area contributed by atoms with E-state index in [4.69, 9.17) is 9.47 Å². The topological polar surface area (TPSA) is 42.9 Å². The predicted molar refractivity (Wildman–Crippen MR) is 78.0 cm³/mol. The minimum Gasteiger partial charge on any atom is -0.454 e. The first-order valence-corrected chi connectivity index (χ1v) is 7.45. The van der Waals surface area contributed by atoms with E-state index in [1.807, 2.05) is 30.0 Å². The Morgan fingerprint density at radius 2 is 2.16 bits per heavy atom. The van der Waals surface area contributed by atoms with Crippen molar-refractivity contribution in [3.05, 3.63) is 23.8 Å². The number of thioether (sulfide) groups is 1. The van der Waals surface area contributed by atoms with Gasteiger partial charge in [0.2, 0.25) is 6.79 Å². The van der Waals surface area contributed by atoms with E-state index in [1.54, 1.807) is 0 Å². The summed E-state index contributed by atoms with van der Waals surface area (Å²) in [7, 11) is 0. The normalized spacial score (nSPS) is 27.4. The molecule has 2 unspecified atom stereocenters. The van der Waals surface area contributed by atoms with Crippen LogP contribution in [-0.4, -0.2) is 23.3 Å². The second kappa shape index (κ2) is 5.33. The van der Waals surface area contributed by atoms with Gasteiger partial charge in [-0.3, -0.25) is 4.99 Å². The number of nitrogens with one attached hydrogen (secondary N) is 1. The zero-order valence-corrected chi connectivity index (χ0v) is 12.0. The molecule has 1 N–H and O–H groups in total. The highest BCUT2D eigenvalue weighted by Gasteiger charge is 2.19. The number of hydrogen-bond acceptors (Lipinski definition) is 4. The molecule has 0 aromatic heterocycles. The van der Waals surface area contributed by atoms with Gasteiger partial charge in [-0.15, -0.1) is 0 Å². The molecule has 1 fully saturated rings. The quantitative estimate of drug-likeness (QED) is 0.903. The maximum atomic E-state index is 5.37. The molecule has 3 rings (SSSR count). The van der Waals surface area contributed by atoms with E-state index in [2.05, 4.69) is 24.2 Å². The van der Waals surface area contributed by atoms with Gasteiger partial charge in [-0.05, 0) is 31.0 Å². The molecule has 19 heavy (non-hydrogen) atoms. The van der Waals surface area contributed by atoms with Gasteiger partial charge in [0, 0.05) is 11.3 Å². The number of rotatable bonds is 2. The fraction of sp³-hybridized carbons (Fsp3) is 0.500. The smallest absolute Gasteiger partial charge is 0.231 e. The fourth-order valence-electron chi connectivity index (χ4n) is 2.33. The number of nitrogens with zero attached hydrogens (tertiary/aromatic N) is 1. The summed E-state index contributed by atoms with van der Waals surface area (Å²) in [5, 5.41) is 5.10. The van der Waals surface area contributed by atoms with Crippen LogP contribution in [0.3, 0.4) is 0 Å². The molecule has 2 atom stereocenters. The van der Waals surface area contributed by atoms with Crippen molar-refractivity contribution in [1.29, 1.82) is 0 Å². The third kappa shape index (κ3) is 2.97. The van der Waals surface area contributed by atoms with Crippen LogP contribution in [0.15, 0.2) is 23.2 Å². The molecule has 1 saturated heterocycles. The van der Waals surface area contributed by atoms with E-state index >= 15 is 0 Å². The summed E-state index contributed by atoms with van der Waals surface area (Å²) in [6.07, 6.45) is 1.19. The van der Waals surface area contributed by atoms with Crippen molar-refractivity contribution >= 4 is 16.9 Å². The largest absolute Gasteiger partial charge is 0.454 e. The molecule has 0 radical (unpaired) electrons. The van der Waals surface area contributed by atoms with Crippen molar-refractivity contribution in [1.82, 2.24) is 5.32 Å². The van der Waals surface area contributed by atoms with Gasteiger partial charge in [0.25, 0.3) is 0 Å². The molecule has 0 bridgehead atoms. The number of aliphatic imine (C=N–C) groups is 1. The molecule has 5 heteroatoms. The van der Waals surface area contributed by atoms with Gasteiger partial charge in [0.1, 0.15) is 0 Å². The maximum absolute atomic E-state index is 5.37. The minimum absolute atomic E-state index is 0.319. The predicted octanol–water partition coefficient (Wildman–Crippen LogP) is 2.77. The molecular formula is C14H18N2O2S. The van der Waals surface area contributed by atoms with Crippen LogP contribution >= 0.6 is 11.8 Å². The maximum Gasteiger partial charge on any atom is 0.231 e. The first-order chi connectivity index (χ1) is 9.20. The van der Waals surface area contributed by atoms with E-state index in [0.29, 0.717) is 24.6 Å². The molecule has 2 aliphatic rings. The van der Waals surface area contributed by atoms with Crippen LogP contribution in [0.4, 0.5) is 0 Å². The van der Waals surface area contributed by atoms with Crippen molar-refractivity contribution in [2.75, 3.05) is 6.79 Å². The van der Waals surface area contributed by atoms with Gasteiger partial charge in [0.15, 0.2) is 16.7 Å². The molecule has 4 nitrogen and oxygen atoms in total. The monoisotopic (exact) mass is 278 g/mol.